The van der Waals surface area contributed by atoms with Crippen molar-refractivity contribution in [2.75, 3.05) is 23.1 Å². The quantitative estimate of drug-likeness (QED) is 0.245. The molecule has 44 heavy (non-hydrogen) atoms. The third-order valence-electron chi connectivity index (χ3n) is 6.09. The van der Waals surface area contributed by atoms with Crippen molar-refractivity contribution in [3.05, 3.63) is 90.0 Å². The monoisotopic (exact) mass is 626 g/mol. The molecule has 15 heteroatoms. The van der Waals surface area contributed by atoms with Crippen molar-refractivity contribution in [1.29, 1.82) is 0 Å². The second-order valence-corrected chi connectivity index (χ2v) is 10.3. The molecule has 11 nitrogen and oxygen atoms in total. The van der Waals surface area contributed by atoms with Crippen LogP contribution in [0.15, 0.2) is 78.0 Å². The third-order valence-corrected chi connectivity index (χ3v) is 7.02. The lowest BCUT2D eigenvalue weighted by molar-refractivity contribution is -0.274. The lowest BCUT2D eigenvalue weighted by Crippen LogP contribution is -2.31. The minimum absolute atomic E-state index is 0.0206. The zero-order valence-corrected chi connectivity index (χ0v) is 24.2. The first kappa shape index (κ1) is 30.6. The summed E-state index contributed by atoms with van der Waals surface area (Å²) >= 11 is 1.18. The number of urea groups is 1. The zero-order chi connectivity index (χ0) is 31.3. The number of carbonyl (C=O) groups is 2. The second-order valence-electron chi connectivity index (χ2n) is 9.37. The number of methoxy groups -OCH3 is 1. The number of ether oxygens (including phenoxy) is 3. The molecule has 3 aromatic carbocycles. The van der Waals surface area contributed by atoms with Crippen molar-refractivity contribution in [2.45, 2.75) is 26.5 Å². The Bertz CT molecular complexity index is 1680. The van der Waals surface area contributed by atoms with Crippen molar-refractivity contribution >= 4 is 40.2 Å². The van der Waals surface area contributed by atoms with Crippen molar-refractivity contribution < 1.29 is 37.0 Å². The number of aliphatic imine (C=N–C) groups is 1. The van der Waals surface area contributed by atoms with E-state index in [9.17, 15) is 22.8 Å². The van der Waals surface area contributed by atoms with E-state index in [0.717, 1.165) is 11.1 Å². The molecule has 0 atom stereocenters. The maximum atomic E-state index is 12.7. The summed E-state index contributed by atoms with van der Waals surface area (Å²) in [6, 6.07) is 16.8. The van der Waals surface area contributed by atoms with E-state index in [0.29, 0.717) is 35.2 Å². The van der Waals surface area contributed by atoms with E-state index in [1.54, 1.807) is 31.4 Å². The molecule has 0 bridgehead atoms. The van der Waals surface area contributed by atoms with E-state index >= 15 is 0 Å². The summed E-state index contributed by atoms with van der Waals surface area (Å²) < 4.78 is 53.3. The van der Waals surface area contributed by atoms with Crippen LogP contribution in [0.5, 0.6) is 11.5 Å². The highest BCUT2D eigenvalue weighted by Crippen LogP contribution is 2.31. The Morgan fingerprint density at radius 3 is 2.48 bits per heavy atom. The normalized spacial score (nSPS) is 14.2. The largest absolute Gasteiger partial charge is 0.573 e. The van der Waals surface area contributed by atoms with Gasteiger partial charge in [0.25, 0.3) is 0 Å². The molecule has 1 N–H and O–H groups in total. The van der Waals surface area contributed by atoms with Gasteiger partial charge in [-0.05, 0) is 67.1 Å². The number of anilines is 2. The van der Waals surface area contributed by atoms with Crippen LogP contribution < -0.4 is 19.7 Å². The SMILES string of the molecule is COCc1ccc(C)cc1N1C(=O)CS/C1=N\C(=O)Nc1ccc(OCc2ncn(-c3ccc(OC(F)(F)F)cc3)n2)cc1. The molecule has 1 aliphatic rings. The Morgan fingerprint density at radius 1 is 1.05 bits per heavy atom. The molecule has 1 saturated heterocycles. The summed E-state index contributed by atoms with van der Waals surface area (Å²) in [5.74, 6) is 0.454. The minimum atomic E-state index is -4.77. The van der Waals surface area contributed by atoms with Gasteiger partial charge in [-0.3, -0.25) is 9.69 Å². The number of amides is 3. The second kappa shape index (κ2) is 13.2. The number of amidine groups is 1. The molecular weight excluding hydrogens is 601 g/mol. The molecule has 5 rings (SSSR count). The molecule has 0 spiro atoms. The number of aryl methyl sites for hydroxylation is 1. The molecule has 0 aliphatic carbocycles. The molecule has 3 amide bonds. The molecule has 2 heterocycles. The van der Waals surface area contributed by atoms with Gasteiger partial charge in [-0.1, -0.05) is 23.9 Å². The first-order chi connectivity index (χ1) is 21.1. The van der Waals surface area contributed by atoms with Gasteiger partial charge in [0.05, 0.1) is 23.7 Å². The fourth-order valence-corrected chi connectivity index (χ4v) is 5.01. The zero-order valence-electron chi connectivity index (χ0n) is 23.4. The summed E-state index contributed by atoms with van der Waals surface area (Å²) in [5.41, 5.74) is 3.33. The van der Waals surface area contributed by atoms with E-state index in [2.05, 4.69) is 25.1 Å². The molecule has 1 aromatic heterocycles. The van der Waals surface area contributed by atoms with Gasteiger partial charge in [-0.25, -0.2) is 14.5 Å². The number of benzene rings is 3. The number of carbonyl (C=O) groups excluding carboxylic acids is 2. The molecule has 0 saturated carbocycles. The van der Waals surface area contributed by atoms with Gasteiger partial charge < -0.3 is 19.5 Å². The first-order valence-electron chi connectivity index (χ1n) is 13.0. The fraction of sp³-hybridized carbons (Fsp3) is 0.207. The van der Waals surface area contributed by atoms with E-state index < -0.39 is 12.4 Å². The van der Waals surface area contributed by atoms with Gasteiger partial charge in [-0.15, -0.1) is 18.3 Å². The van der Waals surface area contributed by atoms with Crippen LogP contribution in [0.4, 0.5) is 29.3 Å². The maximum absolute atomic E-state index is 12.7. The van der Waals surface area contributed by atoms with E-state index in [1.807, 2.05) is 25.1 Å². The van der Waals surface area contributed by atoms with Crippen molar-refractivity contribution in [1.82, 2.24) is 14.8 Å². The summed E-state index contributed by atoms with van der Waals surface area (Å²) in [4.78, 5) is 35.2. The Kier molecular flexibility index (Phi) is 9.15. The van der Waals surface area contributed by atoms with E-state index in [4.69, 9.17) is 9.47 Å². The summed E-state index contributed by atoms with van der Waals surface area (Å²) in [7, 11) is 1.57. The number of nitrogens with zero attached hydrogens (tertiary/aromatic N) is 5. The van der Waals surface area contributed by atoms with Gasteiger partial charge in [0.2, 0.25) is 5.91 Å². The Morgan fingerprint density at radius 2 is 1.77 bits per heavy atom. The van der Waals surface area contributed by atoms with Crippen LogP contribution >= 0.6 is 11.8 Å². The Hall–Kier alpha value is -4.89. The number of rotatable bonds is 9. The van der Waals surface area contributed by atoms with Gasteiger partial charge in [0.1, 0.15) is 24.4 Å². The topological polar surface area (TPSA) is 120 Å². The number of nitrogens with one attached hydrogen (secondary N) is 1. The fourth-order valence-electron chi connectivity index (χ4n) is 4.15. The number of hydrogen-bond acceptors (Lipinski definition) is 8. The highest BCUT2D eigenvalue weighted by molar-refractivity contribution is 8.15. The molecule has 228 valence electrons. The summed E-state index contributed by atoms with van der Waals surface area (Å²) in [6.07, 6.45) is -3.36. The molecule has 0 radical (unpaired) electrons. The molecular formula is C29H25F3N6O5S. The van der Waals surface area contributed by atoms with Crippen molar-refractivity contribution in [2.24, 2.45) is 4.99 Å². The number of hydrogen-bond donors (Lipinski definition) is 1. The highest BCUT2D eigenvalue weighted by Gasteiger charge is 2.32. The van der Waals surface area contributed by atoms with Crippen LogP contribution in [-0.2, 0) is 22.7 Å². The van der Waals surface area contributed by atoms with Gasteiger partial charge >= 0.3 is 12.4 Å². The molecule has 1 fully saturated rings. The minimum Gasteiger partial charge on any atom is -0.486 e. The molecule has 4 aromatic rings. The van der Waals surface area contributed by atoms with Gasteiger partial charge in [-0.2, -0.15) is 4.99 Å². The summed E-state index contributed by atoms with van der Waals surface area (Å²) in [6.45, 7) is 2.23. The number of aromatic nitrogens is 3. The smallest absolute Gasteiger partial charge is 0.486 e. The van der Waals surface area contributed by atoms with Crippen molar-refractivity contribution in [3.8, 4) is 17.2 Å². The average molecular weight is 627 g/mol. The third kappa shape index (κ3) is 7.73. The first-order valence-corrected chi connectivity index (χ1v) is 14.0. The molecule has 1 aliphatic heterocycles. The van der Waals surface area contributed by atoms with Gasteiger partial charge in [0.15, 0.2) is 11.0 Å². The number of halogens is 3. The highest BCUT2D eigenvalue weighted by atomic mass is 32.2. The van der Waals surface area contributed by atoms with Crippen LogP contribution in [0.3, 0.4) is 0 Å². The predicted octanol–water partition coefficient (Wildman–Crippen LogP) is 5.87. The molecule has 0 unspecified atom stereocenters. The standard InChI is InChI=1S/C29H25F3N6O5S/c1-18-3-4-19(14-41-2)24(13-18)38-26(39)16-44-28(38)35-27(40)34-20-5-9-22(10-6-20)42-15-25-33-17-37(36-25)21-7-11-23(12-8-21)43-29(30,31)32/h3-13,17H,14-16H2,1-2H3,(H,34,40)/b35-28-. The average Bonchev–Trinajstić information content (AvgIpc) is 3.60. The van der Waals surface area contributed by atoms with Crippen LogP contribution in [0.1, 0.15) is 17.0 Å². The van der Waals surface area contributed by atoms with E-state index in [-0.39, 0.29) is 29.2 Å². The van der Waals surface area contributed by atoms with Crippen LogP contribution in [0.25, 0.3) is 5.69 Å². The van der Waals surface area contributed by atoms with Crippen LogP contribution in [-0.4, -0.2) is 51.1 Å². The number of thioether (sulfide) groups is 1. The van der Waals surface area contributed by atoms with E-state index in [1.165, 1.54) is 51.9 Å². The van der Waals surface area contributed by atoms with Crippen LogP contribution in [0, 0.1) is 6.92 Å². The lowest BCUT2D eigenvalue weighted by atomic mass is 10.1. The summed E-state index contributed by atoms with van der Waals surface area (Å²) in [5, 5.41) is 7.23. The van der Waals surface area contributed by atoms with Crippen molar-refractivity contribution in [3.63, 3.8) is 0 Å². The predicted molar refractivity (Wildman–Crippen MR) is 157 cm³/mol. The maximum Gasteiger partial charge on any atom is 0.573 e. The van der Waals surface area contributed by atoms with Gasteiger partial charge in [0, 0.05) is 18.4 Å². The Balaban J connectivity index is 1.17. The number of alkyl halides is 3. The lowest BCUT2D eigenvalue weighted by Gasteiger charge is -2.20. The van der Waals surface area contributed by atoms with Crippen LogP contribution in [0.2, 0.25) is 0 Å². The Labute approximate surface area is 253 Å².